The number of benzene rings is 2. The first kappa shape index (κ1) is 17.7. The van der Waals surface area contributed by atoms with Gasteiger partial charge in [-0.2, -0.15) is 5.10 Å². The van der Waals surface area contributed by atoms with Crippen molar-refractivity contribution < 1.29 is 9.59 Å². The highest BCUT2D eigenvalue weighted by Gasteiger charge is 2.10. The average Bonchev–Trinajstić information content (AvgIpc) is 3.17. The second-order valence-corrected chi connectivity index (χ2v) is 5.97. The van der Waals surface area contributed by atoms with Gasteiger partial charge < -0.3 is 10.6 Å². The highest BCUT2D eigenvalue weighted by atomic mass is 35.5. The first-order valence-corrected chi connectivity index (χ1v) is 8.44. The number of carbonyl (C=O) groups excluding carboxylic acids is 2. The number of para-hydroxylation sites is 2. The van der Waals surface area contributed by atoms with Crippen LogP contribution in [0.3, 0.4) is 0 Å². The summed E-state index contributed by atoms with van der Waals surface area (Å²) in [6, 6.07) is 15.8. The quantitative estimate of drug-likeness (QED) is 0.701. The highest BCUT2D eigenvalue weighted by molar-refractivity contribution is 6.30. The lowest BCUT2D eigenvalue weighted by Gasteiger charge is -2.11. The summed E-state index contributed by atoms with van der Waals surface area (Å²) in [5.74, 6) is -0.438. The first-order valence-electron chi connectivity index (χ1n) is 8.06. The van der Waals surface area contributed by atoms with E-state index >= 15 is 0 Å². The third-order valence-electron chi connectivity index (χ3n) is 3.67. The molecule has 3 aromatic rings. The molecule has 2 aromatic carbocycles. The number of aromatic nitrogens is 2. The van der Waals surface area contributed by atoms with Crippen LogP contribution in [0.1, 0.15) is 16.8 Å². The molecule has 0 fully saturated rings. The summed E-state index contributed by atoms with van der Waals surface area (Å²) < 4.78 is 1.68. The van der Waals surface area contributed by atoms with Crippen LogP contribution in [0.5, 0.6) is 0 Å². The van der Waals surface area contributed by atoms with Crippen LogP contribution >= 0.6 is 11.6 Å². The number of anilines is 1. The topological polar surface area (TPSA) is 76.0 Å². The summed E-state index contributed by atoms with van der Waals surface area (Å²) in [7, 11) is 0. The molecule has 0 aliphatic rings. The van der Waals surface area contributed by atoms with Gasteiger partial charge in [0.2, 0.25) is 5.91 Å². The van der Waals surface area contributed by atoms with Gasteiger partial charge in [0.15, 0.2) is 0 Å². The van der Waals surface area contributed by atoms with Crippen molar-refractivity contribution in [1.29, 1.82) is 0 Å². The van der Waals surface area contributed by atoms with Crippen molar-refractivity contribution in [3.8, 4) is 5.69 Å². The fourth-order valence-corrected chi connectivity index (χ4v) is 2.52. The Balaban J connectivity index is 1.54. The third kappa shape index (κ3) is 4.49. The van der Waals surface area contributed by atoms with E-state index in [-0.39, 0.29) is 24.8 Å². The van der Waals surface area contributed by atoms with Crippen LogP contribution < -0.4 is 10.6 Å². The van der Waals surface area contributed by atoms with E-state index < -0.39 is 0 Å². The van der Waals surface area contributed by atoms with Gasteiger partial charge in [0.1, 0.15) is 0 Å². The van der Waals surface area contributed by atoms with E-state index in [9.17, 15) is 9.59 Å². The Bertz CT molecular complexity index is 892. The maximum absolute atomic E-state index is 12.2. The molecule has 7 heteroatoms. The number of nitrogens with one attached hydrogen (secondary N) is 2. The van der Waals surface area contributed by atoms with Gasteiger partial charge >= 0.3 is 0 Å². The zero-order valence-electron chi connectivity index (χ0n) is 13.9. The van der Waals surface area contributed by atoms with Crippen molar-refractivity contribution >= 4 is 29.1 Å². The Hall–Kier alpha value is -3.12. The Morgan fingerprint density at radius 1 is 1.04 bits per heavy atom. The molecule has 0 aliphatic heterocycles. The summed E-state index contributed by atoms with van der Waals surface area (Å²) in [5.41, 5.74) is 1.93. The maximum Gasteiger partial charge on any atom is 0.251 e. The predicted octanol–water partition coefficient (Wildman–Crippen LogP) is 3.28. The van der Waals surface area contributed by atoms with Crippen molar-refractivity contribution in [3.63, 3.8) is 0 Å². The SMILES string of the molecule is O=C(CCNC(=O)c1ccc(Cl)cc1)Nc1ccccc1-n1cccn1. The van der Waals surface area contributed by atoms with Crippen LogP contribution in [0.4, 0.5) is 5.69 Å². The second kappa shape index (κ2) is 8.31. The van der Waals surface area contributed by atoms with Gasteiger partial charge in [0.25, 0.3) is 5.91 Å². The molecule has 0 spiro atoms. The van der Waals surface area contributed by atoms with Crippen molar-refractivity contribution in [2.45, 2.75) is 6.42 Å². The minimum atomic E-state index is -0.244. The van der Waals surface area contributed by atoms with Crippen LogP contribution in [-0.2, 0) is 4.79 Å². The lowest BCUT2D eigenvalue weighted by atomic mass is 10.2. The van der Waals surface area contributed by atoms with Crippen LogP contribution in [0, 0.1) is 0 Å². The Labute approximate surface area is 155 Å². The molecule has 0 saturated heterocycles. The summed E-state index contributed by atoms with van der Waals surface area (Å²) >= 11 is 5.80. The number of halogens is 1. The minimum Gasteiger partial charge on any atom is -0.352 e. The molecule has 0 unspecified atom stereocenters. The van der Waals surface area contributed by atoms with Crippen LogP contribution in [-0.4, -0.2) is 28.1 Å². The smallest absolute Gasteiger partial charge is 0.251 e. The van der Waals surface area contributed by atoms with Crippen LogP contribution in [0.25, 0.3) is 5.69 Å². The Morgan fingerprint density at radius 2 is 1.81 bits per heavy atom. The zero-order valence-corrected chi connectivity index (χ0v) is 14.6. The Morgan fingerprint density at radius 3 is 2.54 bits per heavy atom. The number of hydrogen-bond acceptors (Lipinski definition) is 3. The van der Waals surface area contributed by atoms with E-state index in [4.69, 9.17) is 11.6 Å². The number of rotatable bonds is 6. The molecule has 3 rings (SSSR count). The standard InChI is InChI=1S/C19H17ClN4O2/c20-15-8-6-14(7-9-15)19(26)21-12-10-18(25)23-16-4-1-2-5-17(16)24-13-3-11-22-24/h1-9,11,13H,10,12H2,(H,21,26)(H,23,25). The molecule has 132 valence electrons. The fraction of sp³-hybridized carbons (Fsp3) is 0.105. The van der Waals surface area contributed by atoms with E-state index in [2.05, 4.69) is 15.7 Å². The molecule has 0 bridgehead atoms. The van der Waals surface area contributed by atoms with Crippen LogP contribution in [0.15, 0.2) is 67.0 Å². The molecule has 1 heterocycles. The third-order valence-corrected chi connectivity index (χ3v) is 3.93. The van der Waals surface area contributed by atoms with E-state index in [1.807, 2.05) is 24.3 Å². The molecular weight excluding hydrogens is 352 g/mol. The van der Waals surface area contributed by atoms with E-state index in [0.29, 0.717) is 16.3 Å². The fourth-order valence-electron chi connectivity index (χ4n) is 2.40. The molecule has 0 radical (unpaired) electrons. The molecule has 26 heavy (non-hydrogen) atoms. The van der Waals surface area contributed by atoms with Gasteiger partial charge in [0, 0.05) is 35.9 Å². The van der Waals surface area contributed by atoms with Gasteiger partial charge in [-0.1, -0.05) is 23.7 Å². The first-order chi connectivity index (χ1) is 12.6. The number of nitrogens with zero attached hydrogens (tertiary/aromatic N) is 2. The molecule has 0 saturated carbocycles. The van der Waals surface area contributed by atoms with Gasteiger partial charge in [-0.25, -0.2) is 4.68 Å². The highest BCUT2D eigenvalue weighted by Crippen LogP contribution is 2.19. The van der Waals surface area contributed by atoms with Gasteiger partial charge in [-0.15, -0.1) is 0 Å². The number of carbonyl (C=O) groups is 2. The van der Waals surface area contributed by atoms with Gasteiger partial charge in [0.05, 0.1) is 11.4 Å². The molecule has 6 nitrogen and oxygen atoms in total. The second-order valence-electron chi connectivity index (χ2n) is 5.53. The Kier molecular flexibility index (Phi) is 5.66. The predicted molar refractivity (Wildman–Crippen MR) is 101 cm³/mol. The van der Waals surface area contributed by atoms with Crippen molar-refractivity contribution in [2.75, 3.05) is 11.9 Å². The largest absolute Gasteiger partial charge is 0.352 e. The lowest BCUT2D eigenvalue weighted by Crippen LogP contribution is -2.27. The zero-order chi connectivity index (χ0) is 18.4. The molecule has 1 aromatic heterocycles. The van der Waals surface area contributed by atoms with Crippen molar-refractivity contribution in [3.05, 3.63) is 77.6 Å². The summed E-state index contributed by atoms with van der Waals surface area (Å²) in [6.07, 6.45) is 3.63. The minimum absolute atomic E-state index is 0.159. The molecular formula is C19H17ClN4O2. The average molecular weight is 369 g/mol. The number of hydrogen-bond donors (Lipinski definition) is 2. The van der Waals surface area contributed by atoms with Crippen LogP contribution in [0.2, 0.25) is 5.02 Å². The molecule has 0 atom stereocenters. The number of amides is 2. The summed E-state index contributed by atoms with van der Waals surface area (Å²) in [4.78, 5) is 24.2. The normalized spacial score (nSPS) is 10.3. The van der Waals surface area contributed by atoms with Gasteiger partial charge in [-0.05, 0) is 42.5 Å². The van der Waals surface area contributed by atoms with Gasteiger partial charge in [-0.3, -0.25) is 9.59 Å². The maximum atomic E-state index is 12.2. The van der Waals surface area contributed by atoms with Crippen molar-refractivity contribution in [2.24, 2.45) is 0 Å². The molecule has 2 amide bonds. The lowest BCUT2D eigenvalue weighted by molar-refractivity contribution is -0.116. The van der Waals surface area contributed by atoms with Crippen molar-refractivity contribution in [1.82, 2.24) is 15.1 Å². The van der Waals surface area contributed by atoms with E-state index in [1.165, 1.54) is 0 Å². The molecule has 2 N–H and O–H groups in total. The monoisotopic (exact) mass is 368 g/mol. The summed E-state index contributed by atoms with van der Waals surface area (Å²) in [5, 5.41) is 10.3. The van der Waals surface area contributed by atoms with E-state index in [0.717, 1.165) is 5.69 Å². The van der Waals surface area contributed by atoms with E-state index in [1.54, 1.807) is 47.4 Å². The summed E-state index contributed by atoms with van der Waals surface area (Å²) in [6.45, 7) is 0.233. The molecule has 0 aliphatic carbocycles.